The lowest BCUT2D eigenvalue weighted by molar-refractivity contribution is -0.0124. The van der Waals surface area contributed by atoms with Gasteiger partial charge in [-0.25, -0.2) is 4.39 Å². The van der Waals surface area contributed by atoms with Crippen LogP contribution in [0.3, 0.4) is 0 Å². The summed E-state index contributed by atoms with van der Waals surface area (Å²) in [6.45, 7) is 3.50. The highest BCUT2D eigenvalue weighted by molar-refractivity contribution is 6.05. The molecule has 0 bridgehead atoms. The molecule has 130 valence electrons. The molecule has 1 N–H and O–H groups in total. The summed E-state index contributed by atoms with van der Waals surface area (Å²) in [6, 6.07) is 12.4. The Morgan fingerprint density at radius 3 is 2.76 bits per heavy atom. The standard InChI is InChI=1S/C19H19FN2O3/c1-13-12-22(9-10-25-13)19(24)14-5-4-6-15(11-14)21-18(23)16-7-2-3-8-17(16)20/h2-8,11,13H,9-10,12H2,1H3,(H,21,23). The van der Waals surface area contributed by atoms with Crippen LogP contribution in [0.5, 0.6) is 0 Å². The first-order chi connectivity index (χ1) is 12.0. The number of carbonyl (C=O) groups excluding carboxylic acids is 2. The Labute approximate surface area is 145 Å². The molecule has 0 spiro atoms. The van der Waals surface area contributed by atoms with E-state index in [0.717, 1.165) is 0 Å². The normalized spacial score (nSPS) is 17.2. The van der Waals surface area contributed by atoms with Crippen LogP contribution in [-0.4, -0.2) is 42.5 Å². The molecule has 0 aromatic heterocycles. The zero-order valence-corrected chi connectivity index (χ0v) is 13.9. The van der Waals surface area contributed by atoms with E-state index in [9.17, 15) is 14.0 Å². The van der Waals surface area contributed by atoms with Crippen molar-refractivity contribution in [2.24, 2.45) is 0 Å². The summed E-state index contributed by atoms with van der Waals surface area (Å²) in [7, 11) is 0. The Morgan fingerprint density at radius 2 is 2.00 bits per heavy atom. The fraction of sp³-hybridized carbons (Fsp3) is 0.263. The number of hydrogen-bond acceptors (Lipinski definition) is 3. The van der Waals surface area contributed by atoms with Gasteiger partial charge in [0.2, 0.25) is 0 Å². The minimum atomic E-state index is -0.588. The molecule has 2 amide bonds. The molecule has 6 heteroatoms. The lowest BCUT2D eigenvalue weighted by Gasteiger charge is -2.31. The van der Waals surface area contributed by atoms with E-state index in [1.807, 2.05) is 6.92 Å². The maximum Gasteiger partial charge on any atom is 0.258 e. The van der Waals surface area contributed by atoms with Gasteiger partial charge < -0.3 is 15.0 Å². The molecule has 2 aromatic carbocycles. The third-order valence-corrected chi connectivity index (χ3v) is 4.01. The molecule has 25 heavy (non-hydrogen) atoms. The molecule has 0 saturated carbocycles. The zero-order valence-electron chi connectivity index (χ0n) is 13.9. The molecule has 3 rings (SSSR count). The predicted octanol–water partition coefficient (Wildman–Crippen LogP) is 2.94. The van der Waals surface area contributed by atoms with Crippen LogP contribution >= 0.6 is 0 Å². The summed E-state index contributed by atoms with van der Waals surface area (Å²) in [4.78, 5) is 26.5. The number of nitrogens with zero attached hydrogens (tertiary/aromatic N) is 1. The highest BCUT2D eigenvalue weighted by Gasteiger charge is 2.22. The van der Waals surface area contributed by atoms with Gasteiger partial charge in [-0.05, 0) is 37.3 Å². The number of carbonyl (C=O) groups is 2. The van der Waals surface area contributed by atoms with Gasteiger partial charge in [-0.15, -0.1) is 0 Å². The summed E-state index contributed by atoms with van der Waals surface area (Å²) >= 11 is 0. The first kappa shape index (κ1) is 17.1. The maximum absolute atomic E-state index is 13.7. The number of morpholine rings is 1. The van der Waals surface area contributed by atoms with Crippen LogP contribution in [0.25, 0.3) is 0 Å². The van der Waals surface area contributed by atoms with Gasteiger partial charge in [0.1, 0.15) is 5.82 Å². The van der Waals surface area contributed by atoms with Crippen LogP contribution in [0.15, 0.2) is 48.5 Å². The molecule has 2 aromatic rings. The number of nitrogens with one attached hydrogen (secondary N) is 1. The summed E-state index contributed by atoms with van der Waals surface area (Å²) in [5, 5.41) is 2.63. The number of anilines is 1. The second-order valence-electron chi connectivity index (χ2n) is 5.95. The molecule has 1 fully saturated rings. The van der Waals surface area contributed by atoms with Crippen molar-refractivity contribution < 1.29 is 18.7 Å². The van der Waals surface area contributed by atoms with Crippen molar-refractivity contribution in [3.05, 3.63) is 65.5 Å². The van der Waals surface area contributed by atoms with E-state index < -0.39 is 11.7 Å². The average Bonchev–Trinajstić information content (AvgIpc) is 2.61. The Kier molecular flexibility index (Phi) is 5.09. The van der Waals surface area contributed by atoms with Crippen molar-refractivity contribution in [3.8, 4) is 0 Å². The van der Waals surface area contributed by atoms with Crippen molar-refractivity contribution in [2.45, 2.75) is 13.0 Å². The molecule has 1 heterocycles. The molecular formula is C19H19FN2O3. The Morgan fingerprint density at radius 1 is 1.20 bits per heavy atom. The lowest BCUT2D eigenvalue weighted by Crippen LogP contribution is -2.44. The van der Waals surface area contributed by atoms with Gasteiger partial charge in [0.05, 0.1) is 18.3 Å². The topological polar surface area (TPSA) is 58.6 Å². The minimum Gasteiger partial charge on any atom is -0.375 e. The van der Waals surface area contributed by atoms with Crippen molar-refractivity contribution in [3.63, 3.8) is 0 Å². The van der Waals surface area contributed by atoms with Crippen LogP contribution < -0.4 is 5.32 Å². The van der Waals surface area contributed by atoms with Gasteiger partial charge in [-0.1, -0.05) is 18.2 Å². The smallest absolute Gasteiger partial charge is 0.258 e. The van der Waals surface area contributed by atoms with E-state index >= 15 is 0 Å². The minimum absolute atomic E-state index is 0.00152. The Hall–Kier alpha value is -2.73. The highest BCUT2D eigenvalue weighted by atomic mass is 19.1. The second-order valence-corrected chi connectivity index (χ2v) is 5.95. The molecule has 1 aliphatic rings. The van der Waals surface area contributed by atoms with Gasteiger partial charge >= 0.3 is 0 Å². The van der Waals surface area contributed by atoms with Crippen LogP contribution in [0.1, 0.15) is 27.6 Å². The van der Waals surface area contributed by atoms with E-state index in [1.54, 1.807) is 35.2 Å². The lowest BCUT2D eigenvalue weighted by atomic mass is 10.1. The summed E-state index contributed by atoms with van der Waals surface area (Å²) in [6.07, 6.45) is 0.00152. The number of rotatable bonds is 3. The molecule has 0 radical (unpaired) electrons. The zero-order chi connectivity index (χ0) is 17.8. The van der Waals surface area contributed by atoms with E-state index in [0.29, 0.717) is 30.9 Å². The number of ether oxygens (including phenoxy) is 1. The third kappa shape index (κ3) is 4.03. The molecular weight excluding hydrogens is 323 g/mol. The number of amides is 2. The molecule has 1 aliphatic heterocycles. The molecule has 1 saturated heterocycles. The van der Waals surface area contributed by atoms with Gasteiger partial charge in [-0.2, -0.15) is 0 Å². The largest absolute Gasteiger partial charge is 0.375 e. The Balaban J connectivity index is 1.74. The van der Waals surface area contributed by atoms with Gasteiger partial charge in [-0.3, -0.25) is 9.59 Å². The van der Waals surface area contributed by atoms with Crippen LogP contribution in [0, 0.1) is 5.82 Å². The molecule has 5 nitrogen and oxygen atoms in total. The van der Waals surface area contributed by atoms with Crippen molar-refractivity contribution in [1.82, 2.24) is 4.90 Å². The fourth-order valence-electron chi connectivity index (χ4n) is 2.76. The molecule has 0 aliphatic carbocycles. The quantitative estimate of drug-likeness (QED) is 0.933. The number of hydrogen-bond donors (Lipinski definition) is 1. The van der Waals surface area contributed by atoms with E-state index in [2.05, 4.69) is 5.32 Å². The monoisotopic (exact) mass is 342 g/mol. The van der Waals surface area contributed by atoms with Crippen LogP contribution in [-0.2, 0) is 4.74 Å². The van der Waals surface area contributed by atoms with Crippen molar-refractivity contribution in [2.75, 3.05) is 25.0 Å². The Bertz CT molecular complexity index is 794. The fourth-order valence-corrected chi connectivity index (χ4v) is 2.76. The van der Waals surface area contributed by atoms with Crippen molar-refractivity contribution in [1.29, 1.82) is 0 Å². The first-order valence-electron chi connectivity index (χ1n) is 8.11. The summed E-state index contributed by atoms with van der Waals surface area (Å²) in [5.74, 6) is -1.26. The third-order valence-electron chi connectivity index (χ3n) is 4.01. The van der Waals surface area contributed by atoms with Crippen LogP contribution in [0.4, 0.5) is 10.1 Å². The average molecular weight is 342 g/mol. The second kappa shape index (κ2) is 7.44. The van der Waals surface area contributed by atoms with E-state index in [4.69, 9.17) is 4.74 Å². The SMILES string of the molecule is CC1CN(C(=O)c2cccc(NC(=O)c3ccccc3F)c2)CCO1. The predicted molar refractivity (Wildman–Crippen MR) is 92.1 cm³/mol. The van der Waals surface area contributed by atoms with Gasteiger partial charge in [0, 0.05) is 24.3 Å². The van der Waals surface area contributed by atoms with Gasteiger partial charge in [0.25, 0.3) is 11.8 Å². The van der Waals surface area contributed by atoms with Crippen LogP contribution in [0.2, 0.25) is 0 Å². The van der Waals surface area contributed by atoms with E-state index in [1.165, 1.54) is 18.2 Å². The van der Waals surface area contributed by atoms with E-state index in [-0.39, 0.29) is 17.6 Å². The molecule has 1 unspecified atom stereocenters. The summed E-state index contributed by atoms with van der Waals surface area (Å²) in [5.41, 5.74) is 0.877. The van der Waals surface area contributed by atoms with Crippen molar-refractivity contribution >= 4 is 17.5 Å². The highest BCUT2D eigenvalue weighted by Crippen LogP contribution is 2.16. The first-order valence-corrected chi connectivity index (χ1v) is 8.11. The number of halogens is 1. The number of benzene rings is 2. The van der Waals surface area contributed by atoms with Gasteiger partial charge in [0.15, 0.2) is 0 Å². The maximum atomic E-state index is 13.7. The molecule has 1 atom stereocenters. The summed E-state index contributed by atoms with van der Waals surface area (Å²) < 4.78 is 19.1.